The third kappa shape index (κ3) is 3.97. The molecule has 1 unspecified atom stereocenters. The molecule has 0 spiro atoms. The summed E-state index contributed by atoms with van der Waals surface area (Å²) < 4.78 is 0. The van der Waals surface area contributed by atoms with Gasteiger partial charge >= 0.3 is 11.8 Å². The molecule has 0 aliphatic carbocycles. The van der Waals surface area contributed by atoms with Crippen molar-refractivity contribution in [3.63, 3.8) is 0 Å². The minimum atomic E-state index is -0.343. The molecule has 0 saturated carbocycles. The second-order valence-electron chi connectivity index (χ2n) is 5.26. The van der Waals surface area contributed by atoms with Gasteiger partial charge in [0.2, 0.25) is 0 Å². The van der Waals surface area contributed by atoms with Crippen LogP contribution in [0.1, 0.15) is 33.6 Å². The van der Waals surface area contributed by atoms with E-state index in [0.29, 0.717) is 25.6 Å². The molecule has 0 radical (unpaired) electrons. The van der Waals surface area contributed by atoms with Gasteiger partial charge in [-0.05, 0) is 32.6 Å². The molecule has 1 saturated heterocycles. The van der Waals surface area contributed by atoms with Crippen LogP contribution < -0.4 is 0 Å². The number of piperazine rings is 1. The predicted molar refractivity (Wildman–Crippen MR) is 75.6 cm³/mol. The van der Waals surface area contributed by atoms with Gasteiger partial charge in [0.15, 0.2) is 0 Å². The lowest BCUT2D eigenvalue weighted by Crippen LogP contribution is -2.56. The summed E-state index contributed by atoms with van der Waals surface area (Å²) in [5.41, 5.74) is 0. The quantitative estimate of drug-likeness (QED) is 0.554. The largest absolute Gasteiger partial charge is 0.333 e. The lowest BCUT2D eigenvalue weighted by Gasteiger charge is -2.36. The van der Waals surface area contributed by atoms with Crippen LogP contribution >= 0.6 is 15.9 Å². The summed E-state index contributed by atoms with van der Waals surface area (Å²) in [4.78, 5) is 27.2. The van der Waals surface area contributed by atoms with E-state index in [1.54, 1.807) is 9.80 Å². The van der Waals surface area contributed by atoms with Crippen molar-refractivity contribution >= 4 is 27.7 Å². The van der Waals surface area contributed by atoms with E-state index >= 15 is 0 Å². The van der Waals surface area contributed by atoms with Crippen molar-refractivity contribution in [1.29, 1.82) is 0 Å². The van der Waals surface area contributed by atoms with Crippen molar-refractivity contribution in [2.45, 2.75) is 39.7 Å². The Kier molecular flexibility index (Phi) is 6.12. The third-order valence-electron chi connectivity index (χ3n) is 3.46. The Balaban J connectivity index is 2.46. The molecule has 5 heteroatoms. The van der Waals surface area contributed by atoms with Crippen LogP contribution in [-0.4, -0.2) is 52.6 Å². The van der Waals surface area contributed by atoms with Crippen molar-refractivity contribution in [3.8, 4) is 0 Å². The number of amides is 2. The molecule has 1 aliphatic heterocycles. The highest BCUT2D eigenvalue weighted by molar-refractivity contribution is 9.09. The summed E-state index contributed by atoms with van der Waals surface area (Å²) in [5.74, 6) is -0.0965. The fourth-order valence-corrected chi connectivity index (χ4v) is 2.88. The van der Waals surface area contributed by atoms with Crippen molar-refractivity contribution in [2.75, 3.05) is 25.0 Å². The van der Waals surface area contributed by atoms with Crippen molar-refractivity contribution in [2.24, 2.45) is 5.92 Å². The Bertz CT molecular complexity index is 307. The zero-order chi connectivity index (χ0) is 13.7. The predicted octanol–water partition coefficient (Wildman–Crippen LogP) is 1.88. The van der Waals surface area contributed by atoms with Gasteiger partial charge in [-0.2, -0.15) is 0 Å². The summed E-state index contributed by atoms with van der Waals surface area (Å²) in [7, 11) is 0. The van der Waals surface area contributed by atoms with E-state index in [0.717, 1.165) is 18.2 Å². The van der Waals surface area contributed by atoms with Crippen LogP contribution in [0.5, 0.6) is 0 Å². The molecule has 104 valence electrons. The topological polar surface area (TPSA) is 40.6 Å². The minimum absolute atomic E-state index is 0.107. The van der Waals surface area contributed by atoms with Gasteiger partial charge in [0.05, 0.1) is 0 Å². The molecule has 0 aromatic heterocycles. The van der Waals surface area contributed by atoms with E-state index in [-0.39, 0.29) is 17.9 Å². The highest BCUT2D eigenvalue weighted by Crippen LogP contribution is 2.13. The number of nitrogens with zero attached hydrogens (tertiary/aromatic N) is 2. The van der Waals surface area contributed by atoms with Crippen LogP contribution in [0.4, 0.5) is 0 Å². The first-order chi connectivity index (χ1) is 8.47. The average Bonchev–Trinajstić information content (AvgIpc) is 2.31. The molecule has 0 bridgehead atoms. The highest BCUT2D eigenvalue weighted by Gasteiger charge is 2.33. The van der Waals surface area contributed by atoms with Gasteiger partial charge < -0.3 is 9.80 Å². The Morgan fingerprint density at radius 3 is 2.33 bits per heavy atom. The Labute approximate surface area is 118 Å². The lowest BCUT2D eigenvalue weighted by molar-refractivity contribution is -0.157. The number of carbonyl (C=O) groups excluding carboxylic acids is 2. The molecule has 0 N–H and O–H groups in total. The van der Waals surface area contributed by atoms with Gasteiger partial charge in [-0.15, -0.1) is 0 Å². The number of hydrogen-bond donors (Lipinski definition) is 0. The molecule has 2 amide bonds. The molecule has 1 atom stereocenters. The summed E-state index contributed by atoms with van der Waals surface area (Å²) in [6, 6.07) is 0.107. The van der Waals surface area contributed by atoms with E-state index < -0.39 is 0 Å². The molecule has 1 heterocycles. The number of halogens is 1. The van der Waals surface area contributed by atoms with Gasteiger partial charge in [0, 0.05) is 31.0 Å². The highest BCUT2D eigenvalue weighted by atomic mass is 79.9. The molecular formula is C13H23BrN2O2. The van der Waals surface area contributed by atoms with Gasteiger partial charge in [-0.3, -0.25) is 9.59 Å². The van der Waals surface area contributed by atoms with Crippen LogP contribution in [0.15, 0.2) is 0 Å². The first kappa shape index (κ1) is 15.5. The van der Waals surface area contributed by atoms with E-state index in [2.05, 4.69) is 22.9 Å². The average molecular weight is 319 g/mol. The van der Waals surface area contributed by atoms with E-state index in [4.69, 9.17) is 0 Å². The fraction of sp³-hybridized carbons (Fsp3) is 0.846. The maximum absolute atomic E-state index is 11.9. The van der Waals surface area contributed by atoms with Crippen LogP contribution in [0, 0.1) is 5.92 Å². The standard InChI is InChI=1S/C13H23BrN2O2/c1-10(2)16-9-8-15(12(17)13(16)18)7-5-11(3)4-6-14/h10-11H,4-9H2,1-3H3. The van der Waals surface area contributed by atoms with E-state index in [1.165, 1.54) is 0 Å². The van der Waals surface area contributed by atoms with Crippen LogP contribution in [0.2, 0.25) is 0 Å². The summed E-state index contributed by atoms with van der Waals surface area (Å²) in [5, 5.41) is 0.988. The zero-order valence-corrected chi connectivity index (χ0v) is 13.1. The molecule has 18 heavy (non-hydrogen) atoms. The maximum Gasteiger partial charge on any atom is 0.312 e. The Morgan fingerprint density at radius 1 is 1.11 bits per heavy atom. The minimum Gasteiger partial charge on any atom is -0.333 e. The smallest absolute Gasteiger partial charge is 0.312 e. The van der Waals surface area contributed by atoms with Crippen molar-refractivity contribution in [1.82, 2.24) is 9.80 Å². The Hall–Kier alpha value is -0.580. The molecule has 1 aliphatic rings. The first-order valence-corrected chi connectivity index (χ1v) is 7.75. The number of alkyl halides is 1. The summed E-state index contributed by atoms with van der Waals surface area (Å²) >= 11 is 3.42. The lowest BCUT2D eigenvalue weighted by atomic mass is 10.0. The zero-order valence-electron chi connectivity index (χ0n) is 11.5. The number of carbonyl (C=O) groups is 2. The number of rotatable bonds is 6. The molecule has 0 aromatic rings. The third-order valence-corrected chi connectivity index (χ3v) is 3.92. The van der Waals surface area contributed by atoms with E-state index in [9.17, 15) is 9.59 Å². The van der Waals surface area contributed by atoms with Crippen LogP contribution in [0.3, 0.4) is 0 Å². The molecule has 0 aromatic carbocycles. The van der Waals surface area contributed by atoms with Crippen molar-refractivity contribution in [3.05, 3.63) is 0 Å². The first-order valence-electron chi connectivity index (χ1n) is 6.63. The Morgan fingerprint density at radius 2 is 1.78 bits per heavy atom. The van der Waals surface area contributed by atoms with Crippen LogP contribution in [-0.2, 0) is 9.59 Å². The SMILES string of the molecule is CC(CCBr)CCN1CCN(C(C)C)C(=O)C1=O. The normalized spacial score (nSPS) is 18.7. The molecule has 4 nitrogen and oxygen atoms in total. The molecular weight excluding hydrogens is 296 g/mol. The summed E-state index contributed by atoms with van der Waals surface area (Å²) in [6.07, 6.45) is 2.07. The second kappa shape index (κ2) is 7.12. The summed E-state index contributed by atoms with van der Waals surface area (Å²) in [6.45, 7) is 8.10. The second-order valence-corrected chi connectivity index (χ2v) is 6.05. The monoisotopic (exact) mass is 318 g/mol. The fourth-order valence-electron chi connectivity index (χ4n) is 2.10. The molecule has 1 fully saturated rings. The number of hydrogen-bond acceptors (Lipinski definition) is 2. The van der Waals surface area contributed by atoms with Gasteiger partial charge in [0.1, 0.15) is 0 Å². The molecule has 1 rings (SSSR count). The maximum atomic E-state index is 11.9. The van der Waals surface area contributed by atoms with Gasteiger partial charge in [-0.25, -0.2) is 0 Å². The van der Waals surface area contributed by atoms with Gasteiger partial charge in [-0.1, -0.05) is 22.9 Å². The van der Waals surface area contributed by atoms with E-state index in [1.807, 2.05) is 13.8 Å². The van der Waals surface area contributed by atoms with Crippen LogP contribution in [0.25, 0.3) is 0 Å². The van der Waals surface area contributed by atoms with Gasteiger partial charge in [0.25, 0.3) is 0 Å². The van der Waals surface area contributed by atoms with Crippen molar-refractivity contribution < 1.29 is 9.59 Å².